The highest BCUT2D eigenvalue weighted by molar-refractivity contribution is 5.99. The van der Waals surface area contributed by atoms with Crippen molar-refractivity contribution in [3.63, 3.8) is 0 Å². The number of aromatic nitrogens is 2. The van der Waals surface area contributed by atoms with Gasteiger partial charge in [-0.25, -0.2) is 4.98 Å². The lowest BCUT2D eigenvalue weighted by Crippen LogP contribution is -2.25. The van der Waals surface area contributed by atoms with E-state index in [1.54, 1.807) is 6.07 Å². The normalized spacial score (nSPS) is 10.4. The van der Waals surface area contributed by atoms with Crippen LogP contribution in [0.3, 0.4) is 0 Å². The molecule has 2 rings (SSSR count). The van der Waals surface area contributed by atoms with Gasteiger partial charge in [0.2, 0.25) is 5.89 Å². The molecule has 2 heterocycles. The summed E-state index contributed by atoms with van der Waals surface area (Å²) in [4.78, 5) is 20.4. The van der Waals surface area contributed by atoms with E-state index >= 15 is 0 Å². The number of carbonyl (C=O) groups is 1. The van der Waals surface area contributed by atoms with Gasteiger partial charge in [0.25, 0.3) is 5.91 Å². The number of oxazole rings is 1. The maximum Gasteiger partial charge on any atom is 0.255 e. The molecule has 2 aromatic heterocycles. The number of hydrazine groups is 1. The topological polar surface area (TPSA) is 106 Å². The van der Waals surface area contributed by atoms with Crippen molar-refractivity contribution in [1.82, 2.24) is 15.3 Å². The molecule has 1 amide bonds. The number of amides is 1. The third kappa shape index (κ3) is 2.94. The van der Waals surface area contributed by atoms with Gasteiger partial charge in [0.1, 0.15) is 5.76 Å². The fraction of sp³-hybridized carbons (Fsp3) is 0.308. The molecule has 20 heavy (non-hydrogen) atoms. The number of pyridine rings is 1. The summed E-state index contributed by atoms with van der Waals surface area (Å²) in [5.41, 5.74) is 4.97. The number of carbonyl (C=O) groups excluding carboxylic acids is 1. The van der Waals surface area contributed by atoms with Gasteiger partial charge in [-0.05, 0) is 26.8 Å². The molecule has 0 atom stereocenters. The van der Waals surface area contributed by atoms with Crippen molar-refractivity contribution in [3.8, 4) is 0 Å². The van der Waals surface area contributed by atoms with Crippen LogP contribution in [-0.2, 0) is 6.54 Å². The number of nitrogens with zero attached hydrogens (tertiary/aromatic N) is 2. The van der Waals surface area contributed by atoms with Crippen LogP contribution in [0.1, 0.15) is 33.4 Å². The molecule has 0 aromatic carbocycles. The van der Waals surface area contributed by atoms with Gasteiger partial charge in [-0.2, -0.15) is 0 Å². The van der Waals surface area contributed by atoms with E-state index in [1.807, 2.05) is 20.8 Å². The predicted octanol–water partition coefficient (Wildman–Crippen LogP) is 1.21. The molecular formula is C13H17N5O2. The predicted molar refractivity (Wildman–Crippen MR) is 73.9 cm³/mol. The first-order valence-electron chi connectivity index (χ1n) is 6.15. The minimum absolute atomic E-state index is 0.214. The van der Waals surface area contributed by atoms with Crippen LogP contribution in [0.25, 0.3) is 0 Å². The molecule has 0 unspecified atom stereocenters. The Morgan fingerprint density at radius 2 is 2.15 bits per heavy atom. The average molecular weight is 275 g/mol. The molecule has 106 valence electrons. The molecule has 0 fully saturated rings. The van der Waals surface area contributed by atoms with Gasteiger partial charge < -0.3 is 15.2 Å². The fourth-order valence-corrected chi connectivity index (χ4v) is 1.73. The number of anilines is 1. The number of hydrogen-bond acceptors (Lipinski definition) is 6. The Morgan fingerprint density at radius 1 is 1.40 bits per heavy atom. The van der Waals surface area contributed by atoms with Gasteiger partial charge in [0, 0.05) is 11.9 Å². The maximum absolute atomic E-state index is 12.1. The van der Waals surface area contributed by atoms with Crippen LogP contribution in [0.15, 0.2) is 16.7 Å². The Morgan fingerprint density at radius 3 is 2.75 bits per heavy atom. The first-order chi connectivity index (χ1) is 9.51. The molecule has 0 aliphatic heterocycles. The van der Waals surface area contributed by atoms with Gasteiger partial charge in [-0.3, -0.25) is 15.6 Å². The number of rotatable bonds is 4. The molecule has 7 nitrogen and oxygen atoms in total. The Labute approximate surface area is 116 Å². The van der Waals surface area contributed by atoms with Crippen molar-refractivity contribution in [2.75, 3.05) is 5.43 Å². The Bertz CT molecular complexity index is 616. The van der Waals surface area contributed by atoms with Crippen molar-refractivity contribution in [2.24, 2.45) is 5.84 Å². The molecule has 2 aromatic rings. The van der Waals surface area contributed by atoms with Crippen LogP contribution in [-0.4, -0.2) is 15.9 Å². The Balaban J connectivity index is 2.08. The number of nitrogens with two attached hydrogens (primary N) is 1. The lowest BCUT2D eigenvalue weighted by atomic mass is 10.2. The minimum Gasteiger partial charge on any atom is -0.444 e. The first-order valence-corrected chi connectivity index (χ1v) is 6.15. The van der Waals surface area contributed by atoms with Crippen LogP contribution < -0.4 is 16.6 Å². The van der Waals surface area contributed by atoms with E-state index < -0.39 is 0 Å². The van der Waals surface area contributed by atoms with Gasteiger partial charge in [0.15, 0.2) is 0 Å². The molecule has 0 bridgehead atoms. The number of hydrogen-bond donors (Lipinski definition) is 3. The van der Waals surface area contributed by atoms with Gasteiger partial charge in [-0.15, -0.1) is 0 Å². The SMILES string of the molecule is Cc1cc(NN)c(C(=O)NCc2nc(C)c(C)o2)cn1. The van der Waals surface area contributed by atoms with Gasteiger partial charge >= 0.3 is 0 Å². The fourth-order valence-electron chi connectivity index (χ4n) is 1.73. The first kappa shape index (κ1) is 14.0. The zero-order valence-corrected chi connectivity index (χ0v) is 11.7. The molecule has 0 saturated heterocycles. The van der Waals surface area contributed by atoms with Crippen molar-refractivity contribution in [2.45, 2.75) is 27.3 Å². The largest absolute Gasteiger partial charge is 0.444 e. The monoisotopic (exact) mass is 275 g/mol. The highest BCUT2D eigenvalue weighted by Crippen LogP contribution is 2.14. The third-order valence-electron chi connectivity index (χ3n) is 2.91. The number of nitrogen functional groups attached to an aromatic ring is 1. The summed E-state index contributed by atoms with van der Waals surface area (Å²) in [7, 11) is 0. The van der Waals surface area contributed by atoms with Gasteiger partial charge in [-0.1, -0.05) is 0 Å². The van der Waals surface area contributed by atoms with Crippen LogP contribution in [0.5, 0.6) is 0 Å². The summed E-state index contributed by atoms with van der Waals surface area (Å²) >= 11 is 0. The maximum atomic E-state index is 12.1. The quantitative estimate of drug-likeness (QED) is 0.572. The summed E-state index contributed by atoms with van der Waals surface area (Å²) in [6.45, 7) is 5.71. The van der Waals surface area contributed by atoms with Crippen molar-refractivity contribution in [1.29, 1.82) is 0 Å². The summed E-state index contributed by atoms with van der Waals surface area (Å²) in [6.07, 6.45) is 1.48. The summed E-state index contributed by atoms with van der Waals surface area (Å²) in [6, 6.07) is 1.70. The summed E-state index contributed by atoms with van der Waals surface area (Å²) < 4.78 is 5.39. The zero-order chi connectivity index (χ0) is 14.7. The van der Waals surface area contributed by atoms with Crippen molar-refractivity contribution in [3.05, 3.63) is 40.9 Å². The number of nitrogens with one attached hydrogen (secondary N) is 2. The van der Waals surface area contributed by atoms with Crippen molar-refractivity contribution < 1.29 is 9.21 Å². The highest BCUT2D eigenvalue weighted by Gasteiger charge is 2.13. The molecular weight excluding hydrogens is 258 g/mol. The van der Waals surface area contributed by atoms with E-state index in [-0.39, 0.29) is 12.5 Å². The Hall–Kier alpha value is -2.41. The second kappa shape index (κ2) is 5.70. The lowest BCUT2D eigenvalue weighted by Gasteiger charge is -2.08. The summed E-state index contributed by atoms with van der Waals surface area (Å²) in [5, 5.41) is 2.72. The molecule has 0 saturated carbocycles. The van der Waals surface area contributed by atoms with Crippen LogP contribution in [0.2, 0.25) is 0 Å². The standard InChI is InChI=1S/C13H17N5O2/c1-7-4-11(18-14)10(5-15-7)13(19)16-6-12-17-8(2)9(3)20-12/h4-5H,6,14H2,1-3H3,(H,15,18)(H,16,19). The van der Waals surface area contributed by atoms with Crippen LogP contribution in [0.4, 0.5) is 5.69 Å². The van der Waals surface area contributed by atoms with E-state index in [1.165, 1.54) is 6.20 Å². The van der Waals surface area contributed by atoms with Crippen molar-refractivity contribution >= 4 is 11.6 Å². The lowest BCUT2D eigenvalue weighted by molar-refractivity contribution is 0.0947. The van der Waals surface area contributed by atoms with E-state index in [0.717, 1.165) is 17.1 Å². The molecule has 4 N–H and O–H groups in total. The minimum atomic E-state index is -0.293. The summed E-state index contributed by atoms with van der Waals surface area (Å²) in [5.74, 6) is 6.32. The molecule has 0 aliphatic carbocycles. The van der Waals surface area contributed by atoms with E-state index in [2.05, 4.69) is 20.7 Å². The smallest absolute Gasteiger partial charge is 0.255 e. The second-order valence-electron chi connectivity index (χ2n) is 4.45. The molecule has 0 aliphatic rings. The van der Waals surface area contributed by atoms with E-state index in [9.17, 15) is 4.79 Å². The molecule has 0 radical (unpaired) electrons. The van der Waals surface area contributed by atoms with Crippen LogP contribution >= 0.6 is 0 Å². The van der Waals surface area contributed by atoms with Crippen LogP contribution in [0, 0.1) is 20.8 Å². The third-order valence-corrected chi connectivity index (χ3v) is 2.91. The van der Waals surface area contributed by atoms with Gasteiger partial charge in [0.05, 0.1) is 23.5 Å². The Kier molecular flexibility index (Phi) is 3.99. The molecule has 7 heteroatoms. The molecule has 0 spiro atoms. The highest BCUT2D eigenvalue weighted by atomic mass is 16.4. The van der Waals surface area contributed by atoms with E-state index in [0.29, 0.717) is 17.1 Å². The number of aryl methyl sites for hydroxylation is 3. The average Bonchev–Trinajstić information content (AvgIpc) is 2.75. The second-order valence-corrected chi connectivity index (χ2v) is 4.45. The zero-order valence-electron chi connectivity index (χ0n) is 11.7. The van der Waals surface area contributed by atoms with E-state index in [4.69, 9.17) is 10.3 Å².